The van der Waals surface area contributed by atoms with Gasteiger partial charge in [0.2, 0.25) is 0 Å². The van der Waals surface area contributed by atoms with Crippen molar-refractivity contribution in [3.63, 3.8) is 0 Å². The second-order valence-corrected chi connectivity index (χ2v) is 5.07. The van der Waals surface area contributed by atoms with Crippen LogP contribution in [0.2, 0.25) is 0 Å². The smallest absolute Gasteiger partial charge is 0.163 e. The number of nitrogens with two attached hydrogens (primary N) is 1. The zero-order chi connectivity index (χ0) is 15.2. The Morgan fingerprint density at radius 3 is 2.29 bits per heavy atom. The number of aromatic nitrogens is 1. The Labute approximate surface area is 126 Å². The molecule has 0 aliphatic heterocycles. The molecule has 0 saturated carbocycles. The molecule has 116 valence electrons. The summed E-state index contributed by atoms with van der Waals surface area (Å²) in [6, 6.07) is 4.19. The predicted molar refractivity (Wildman–Crippen MR) is 87.3 cm³/mol. The molecule has 0 fully saturated rings. The van der Waals surface area contributed by atoms with Gasteiger partial charge in [0.15, 0.2) is 11.5 Å². The summed E-state index contributed by atoms with van der Waals surface area (Å²) in [7, 11) is 0. The maximum atomic E-state index is 5.74. The summed E-state index contributed by atoms with van der Waals surface area (Å²) >= 11 is 0. The molecule has 0 spiro atoms. The number of nitrogens with zero attached hydrogens (tertiary/aromatic N) is 1. The lowest BCUT2D eigenvalue weighted by atomic mass is 10.1. The van der Waals surface area contributed by atoms with E-state index in [9.17, 15) is 0 Å². The molecule has 0 aliphatic carbocycles. The molecule has 0 bridgehead atoms. The van der Waals surface area contributed by atoms with Gasteiger partial charge in [-0.3, -0.25) is 0 Å². The highest BCUT2D eigenvalue weighted by atomic mass is 16.5. The molecule has 2 aromatic rings. The van der Waals surface area contributed by atoms with Gasteiger partial charge in [-0.2, -0.15) is 0 Å². The first-order valence-electron chi connectivity index (χ1n) is 7.86. The van der Waals surface area contributed by atoms with Crippen LogP contribution in [0.5, 0.6) is 11.5 Å². The van der Waals surface area contributed by atoms with Gasteiger partial charge in [0, 0.05) is 24.2 Å². The van der Waals surface area contributed by atoms with Gasteiger partial charge in [-0.05, 0) is 44.9 Å². The summed E-state index contributed by atoms with van der Waals surface area (Å²) in [5, 5.41) is 1.22. The Morgan fingerprint density at radius 1 is 1.05 bits per heavy atom. The van der Waals surface area contributed by atoms with E-state index >= 15 is 0 Å². The lowest BCUT2D eigenvalue weighted by molar-refractivity contribution is 0.288. The van der Waals surface area contributed by atoms with Gasteiger partial charge in [0.25, 0.3) is 0 Å². The average molecular weight is 290 g/mol. The predicted octanol–water partition coefficient (Wildman–Crippen LogP) is 3.35. The SMILES string of the molecule is CCCn1cc(CCN)c2cc(OCC)c(OCC)cc21. The van der Waals surface area contributed by atoms with Crippen LogP contribution in [0.1, 0.15) is 32.8 Å². The van der Waals surface area contributed by atoms with Gasteiger partial charge in [0.05, 0.1) is 18.7 Å². The van der Waals surface area contributed by atoms with E-state index in [0.717, 1.165) is 30.9 Å². The standard InChI is InChI=1S/C17H26N2O2/c1-4-9-19-12-13(7-8-18)14-10-16(20-5-2)17(21-6-3)11-15(14)19/h10-12H,4-9,18H2,1-3H3. The van der Waals surface area contributed by atoms with E-state index in [2.05, 4.69) is 29.8 Å². The topological polar surface area (TPSA) is 49.4 Å². The molecule has 4 nitrogen and oxygen atoms in total. The Balaban J connectivity index is 2.58. The highest BCUT2D eigenvalue weighted by molar-refractivity contribution is 5.87. The number of fused-ring (bicyclic) bond motifs is 1. The molecule has 0 amide bonds. The molecule has 0 saturated heterocycles. The van der Waals surface area contributed by atoms with Crippen molar-refractivity contribution >= 4 is 10.9 Å². The summed E-state index contributed by atoms with van der Waals surface area (Å²) in [5.74, 6) is 1.64. The minimum atomic E-state index is 0.632. The van der Waals surface area contributed by atoms with Crippen molar-refractivity contribution in [2.45, 2.75) is 40.2 Å². The number of hydrogen-bond acceptors (Lipinski definition) is 3. The van der Waals surface area contributed by atoms with Crippen LogP contribution in [0.25, 0.3) is 10.9 Å². The summed E-state index contributed by atoms with van der Waals surface area (Å²) in [6.07, 6.45) is 4.20. The fraction of sp³-hybridized carbons (Fsp3) is 0.529. The van der Waals surface area contributed by atoms with E-state index in [1.165, 1.54) is 16.5 Å². The number of ether oxygens (including phenoxy) is 2. The average Bonchev–Trinajstić information content (AvgIpc) is 2.78. The van der Waals surface area contributed by atoms with Crippen molar-refractivity contribution in [2.75, 3.05) is 19.8 Å². The molecular formula is C17H26N2O2. The maximum Gasteiger partial charge on any atom is 0.163 e. The first kappa shape index (κ1) is 15.7. The van der Waals surface area contributed by atoms with Crippen molar-refractivity contribution in [1.29, 1.82) is 0 Å². The number of benzene rings is 1. The van der Waals surface area contributed by atoms with Crippen molar-refractivity contribution < 1.29 is 9.47 Å². The molecule has 21 heavy (non-hydrogen) atoms. The molecular weight excluding hydrogens is 264 g/mol. The fourth-order valence-corrected chi connectivity index (χ4v) is 2.69. The Hall–Kier alpha value is -1.68. The molecule has 1 aromatic heterocycles. The molecule has 0 aliphatic rings. The second-order valence-electron chi connectivity index (χ2n) is 5.07. The van der Waals surface area contributed by atoms with Crippen molar-refractivity contribution in [2.24, 2.45) is 5.73 Å². The normalized spacial score (nSPS) is 11.0. The Kier molecular flexibility index (Phi) is 5.51. The molecule has 1 aromatic carbocycles. The largest absolute Gasteiger partial charge is 0.490 e. The van der Waals surface area contributed by atoms with Crippen LogP contribution < -0.4 is 15.2 Å². The minimum Gasteiger partial charge on any atom is -0.490 e. The third-order valence-electron chi connectivity index (χ3n) is 3.51. The highest BCUT2D eigenvalue weighted by Crippen LogP contribution is 2.35. The number of hydrogen-bond donors (Lipinski definition) is 1. The summed E-state index contributed by atoms with van der Waals surface area (Å²) in [4.78, 5) is 0. The monoisotopic (exact) mass is 290 g/mol. The quantitative estimate of drug-likeness (QED) is 0.811. The van der Waals surface area contributed by atoms with Gasteiger partial charge in [-0.25, -0.2) is 0 Å². The molecule has 2 rings (SSSR count). The van der Waals surface area contributed by atoms with Crippen LogP contribution >= 0.6 is 0 Å². The van der Waals surface area contributed by atoms with E-state index in [-0.39, 0.29) is 0 Å². The summed E-state index contributed by atoms with van der Waals surface area (Å²) < 4.78 is 13.8. The van der Waals surface area contributed by atoms with E-state index < -0.39 is 0 Å². The third kappa shape index (κ3) is 3.32. The van der Waals surface area contributed by atoms with E-state index in [1.54, 1.807) is 0 Å². The Bertz CT molecular complexity index is 540. The van der Waals surface area contributed by atoms with Crippen LogP contribution in [0, 0.1) is 0 Å². The first-order chi connectivity index (χ1) is 10.2. The van der Waals surface area contributed by atoms with Crippen LogP contribution in [0.3, 0.4) is 0 Å². The molecule has 2 N–H and O–H groups in total. The van der Waals surface area contributed by atoms with E-state index in [1.807, 2.05) is 13.8 Å². The zero-order valence-electron chi connectivity index (χ0n) is 13.3. The minimum absolute atomic E-state index is 0.632. The number of rotatable bonds is 8. The first-order valence-corrected chi connectivity index (χ1v) is 7.86. The van der Waals surface area contributed by atoms with Gasteiger partial charge < -0.3 is 19.8 Å². The Morgan fingerprint density at radius 2 is 1.71 bits per heavy atom. The molecule has 0 atom stereocenters. The molecule has 1 heterocycles. The molecule has 4 heteroatoms. The zero-order valence-corrected chi connectivity index (χ0v) is 13.3. The van der Waals surface area contributed by atoms with Gasteiger partial charge in [-0.1, -0.05) is 6.92 Å². The van der Waals surface area contributed by atoms with Crippen LogP contribution in [-0.2, 0) is 13.0 Å². The van der Waals surface area contributed by atoms with Crippen molar-refractivity contribution in [3.8, 4) is 11.5 Å². The third-order valence-corrected chi connectivity index (χ3v) is 3.51. The molecule has 0 radical (unpaired) electrons. The van der Waals surface area contributed by atoms with Crippen LogP contribution in [0.15, 0.2) is 18.3 Å². The van der Waals surface area contributed by atoms with E-state index in [4.69, 9.17) is 15.2 Å². The van der Waals surface area contributed by atoms with Gasteiger partial charge >= 0.3 is 0 Å². The second kappa shape index (κ2) is 7.36. The fourth-order valence-electron chi connectivity index (χ4n) is 2.69. The van der Waals surface area contributed by atoms with Crippen LogP contribution in [-0.4, -0.2) is 24.3 Å². The van der Waals surface area contributed by atoms with E-state index in [0.29, 0.717) is 19.8 Å². The maximum absolute atomic E-state index is 5.74. The van der Waals surface area contributed by atoms with Crippen LogP contribution in [0.4, 0.5) is 0 Å². The lowest BCUT2D eigenvalue weighted by Gasteiger charge is -2.12. The van der Waals surface area contributed by atoms with Crippen molar-refractivity contribution in [1.82, 2.24) is 4.57 Å². The summed E-state index contributed by atoms with van der Waals surface area (Å²) in [6.45, 7) is 9.09. The van der Waals surface area contributed by atoms with Gasteiger partial charge in [0.1, 0.15) is 0 Å². The highest BCUT2D eigenvalue weighted by Gasteiger charge is 2.14. The van der Waals surface area contributed by atoms with Crippen molar-refractivity contribution in [3.05, 3.63) is 23.9 Å². The summed E-state index contributed by atoms with van der Waals surface area (Å²) in [5.41, 5.74) is 8.23. The van der Waals surface area contributed by atoms with Gasteiger partial charge in [-0.15, -0.1) is 0 Å². The molecule has 0 unspecified atom stereocenters. The lowest BCUT2D eigenvalue weighted by Crippen LogP contribution is -2.02. The number of aryl methyl sites for hydroxylation is 1.